The molecule has 1 aliphatic rings. The van der Waals surface area contributed by atoms with Crippen LogP contribution in [-0.4, -0.2) is 40.5 Å². The van der Waals surface area contributed by atoms with E-state index in [0.717, 1.165) is 55.5 Å². The van der Waals surface area contributed by atoms with Crippen molar-refractivity contribution in [1.82, 2.24) is 19.7 Å². The van der Waals surface area contributed by atoms with E-state index in [1.807, 2.05) is 6.92 Å². The summed E-state index contributed by atoms with van der Waals surface area (Å²) in [6, 6.07) is 6.62. The van der Waals surface area contributed by atoms with Crippen molar-refractivity contribution >= 4 is 11.5 Å². The van der Waals surface area contributed by atoms with Crippen LogP contribution in [0.5, 0.6) is 0 Å². The second-order valence-electron chi connectivity index (χ2n) is 6.78. The van der Waals surface area contributed by atoms with Gasteiger partial charge in [-0.1, -0.05) is 6.92 Å². The third-order valence-electron chi connectivity index (χ3n) is 4.90. The molecule has 3 aromatic rings. The molecule has 5 nitrogen and oxygen atoms in total. The smallest absolute Gasteiger partial charge is 0.139 e. The van der Waals surface area contributed by atoms with E-state index in [-0.39, 0.29) is 0 Å². The molecule has 0 aliphatic carbocycles. The van der Waals surface area contributed by atoms with Crippen molar-refractivity contribution in [3.8, 4) is 11.1 Å². The zero-order valence-electron chi connectivity index (χ0n) is 15.2. The molecule has 0 radical (unpaired) electrons. The predicted molar refractivity (Wildman–Crippen MR) is 102 cm³/mol. The summed E-state index contributed by atoms with van der Waals surface area (Å²) in [7, 11) is 0. The van der Waals surface area contributed by atoms with Crippen LogP contribution in [0, 0.1) is 13.8 Å². The minimum absolute atomic E-state index is 0.926. The van der Waals surface area contributed by atoms with Crippen molar-refractivity contribution in [2.75, 3.05) is 31.1 Å². The van der Waals surface area contributed by atoms with Gasteiger partial charge in [0.15, 0.2) is 0 Å². The highest BCUT2D eigenvalue weighted by molar-refractivity contribution is 5.70. The van der Waals surface area contributed by atoms with E-state index in [4.69, 9.17) is 4.98 Å². The van der Waals surface area contributed by atoms with Gasteiger partial charge in [-0.15, -0.1) is 0 Å². The Morgan fingerprint density at radius 2 is 1.88 bits per heavy atom. The first-order chi connectivity index (χ1) is 12.2. The topological polar surface area (TPSA) is 45.5 Å². The monoisotopic (exact) mass is 335 g/mol. The number of anilines is 1. The second-order valence-corrected chi connectivity index (χ2v) is 6.78. The van der Waals surface area contributed by atoms with Crippen LogP contribution in [0.1, 0.15) is 23.9 Å². The van der Waals surface area contributed by atoms with Crippen LogP contribution in [0.3, 0.4) is 0 Å². The molecule has 3 aromatic heterocycles. The summed E-state index contributed by atoms with van der Waals surface area (Å²) in [6.07, 6.45) is 5.18. The molecule has 4 heterocycles. The normalized spacial score (nSPS) is 15.1. The maximum Gasteiger partial charge on any atom is 0.139 e. The summed E-state index contributed by atoms with van der Waals surface area (Å²) < 4.78 is 2.13. The zero-order valence-corrected chi connectivity index (χ0v) is 15.2. The molecule has 1 aliphatic heterocycles. The lowest BCUT2D eigenvalue weighted by atomic mass is 10.0. The molecule has 0 amide bonds. The maximum absolute atomic E-state index is 4.98. The van der Waals surface area contributed by atoms with Crippen LogP contribution in [-0.2, 0) is 6.42 Å². The van der Waals surface area contributed by atoms with Gasteiger partial charge in [0, 0.05) is 49.7 Å². The fourth-order valence-corrected chi connectivity index (χ4v) is 3.63. The van der Waals surface area contributed by atoms with E-state index in [1.54, 1.807) is 0 Å². The number of nitrogens with one attached hydrogen (secondary N) is 1. The molecule has 0 saturated carbocycles. The van der Waals surface area contributed by atoms with E-state index in [2.05, 4.69) is 64.0 Å². The molecule has 1 fully saturated rings. The quantitative estimate of drug-likeness (QED) is 0.799. The summed E-state index contributed by atoms with van der Waals surface area (Å²) in [4.78, 5) is 11.9. The number of hydrogen-bond acceptors (Lipinski definition) is 4. The van der Waals surface area contributed by atoms with Crippen LogP contribution in [0.25, 0.3) is 16.8 Å². The van der Waals surface area contributed by atoms with E-state index in [9.17, 15) is 0 Å². The van der Waals surface area contributed by atoms with Crippen molar-refractivity contribution in [3.05, 3.63) is 47.5 Å². The minimum Gasteiger partial charge on any atom is -0.354 e. The molecule has 0 aromatic carbocycles. The molecule has 1 N–H and O–H groups in total. The van der Waals surface area contributed by atoms with Gasteiger partial charge in [-0.3, -0.25) is 0 Å². The number of hydrogen-bond donors (Lipinski definition) is 1. The Labute approximate surface area is 148 Å². The Morgan fingerprint density at radius 1 is 1.08 bits per heavy atom. The molecule has 5 heteroatoms. The summed E-state index contributed by atoms with van der Waals surface area (Å²) >= 11 is 0. The Balaban J connectivity index is 1.76. The number of pyridine rings is 2. The average Bonchev–Trinajstić information content (AvgIpc) is 3.03. The molecule has 4 rings (SSSR count). The highest BCUT2D eigenvalue weighted by Crippen LogP contribution is 2.28. The molecule has 0 atom stereocenters. The van der Waals surface area contributed by atoms with Crippen LogP contribution >= 0.6 is 0 Å². The fourth-order valence-electron chi connectivity index (χ4n) is 3.63. The van der Waals surface area contributed by atoms with Gasteiger partial charge in [-0.25, -0.2) is 9.97 Å². The van der Waals surface area contributed by atoms with Gasteiger partial charge < -0.3 is 14.6 Å². The minimum atomic E-state index is 0.926. The standard InChI is InChI=1S/C20H25N5/c1-4-18-17(5-6-19(23-18)24-9-7-21-8-10-24)16-11-14(2)20-22-15(3)12-25(20)13-16/h5-6,11-13,21H,4,7-10H2,1-3H3. The molecule has 25 heavy (non-hydrogen) atoms. The predicted octanol–water partition coefficient (Wildman–Crippen LogP) is 2.99. The van der Waals surface area contributed by atoms with Gasteiger partial charge in [0.25, 0.3) is 0 Å². The summed E-state index contributed by atoms with van der Waals surface area (Å²) in [5.41, 5.74) is 6.86. The summed E-state index contributed by atoms with van der Waals surface area (Å²) in [5.74, 6) is 1.10. The van der Waals surface area contributed by atoms with E-state index >= 15 is 0 Å². The van der Waals surface area contributed by atoms with Crippen molar-refractivity contribution in [3.63, 3.8) is 0 Å². The van der Waals surface area contributed by atoms with Crippen LogP contribution in [0.4, 0.5) is 5.82 Å². The number of aromatic nitrogens is 3. The van der Waals surface area contributed by atoms with Gasteiger partial charge in [0.05, 0.1) is 11.4 Å². The lowest BCUT2D eigenvalue weighted by Crippen LogP contribution is -2.43. The Morgan fingerprint density at radius 3 is 2.64 bits per heavy atom. The Hall–Kier alpha value is -2.40. The van der Waals surface area contributed by atoms with Crippen molar-refractivity contribution < 1.29 is 0 Å². The van der Waals surface area contributed by atoms with E-state index in [1.165, 1.54) is 16.7 Å². The van der Waals surface area contributed by atoms with Crippen molar-refractivity contribution in [2.45, 2.75) is 27.2 Å². The second kappa shape index (κ2) is 6.48. The van der Waals surface area contributed by atoms with Gasteiger partial charge >= 0.3 is 0 Å². The first kappa shape index (κ1) is 16.1. The molecule has 0 unspecified atom stereocenters. The first-order valence-electron chi connectivity index (χ1n) is 9.07. The molecular formula is C20H25N5. The number of rotatable bonds is 3. The van der Waals surface area contributed by atoms with Gasteiger partial charge in [-0.05, 0) is 44.0 Å². The summed E-state index contributed by atoms with van der Waals surface area (Å²) in [5, 5.41) is 3.40. The number of piperazine rings is 1. The van der Waals surface area contributed by atoms with Gasteiger partial charge in [-0.2, -0.15) is 0 Å². The van der Waals surface area contributed by atoms with E-state index < -0.39 is 0 Å². The van der Waals surface area contributed by atoms with Gasteiger partial charge in [0.2, 0.25) is 0 Å². The SMILES string of the molecule is CCc1nc(N2CCNCC2)ccc1-c1cc(C)c2nc(C)cn2c1. The number of imidazole rings is 1. The molecular weight excluding hydrogens is 310 g/mol. The van der Waals surface area contributed by atoms with E-state index in [0.29, 0.717) is 0 Å². The van der Waals surface area contributed by atoms with Crippen molar-refractivity contribution in [2.24, 2.45) is 0 Å². The lowest BCUT2D eigenvalue weighted by molar-refractivity contribution is 0.584. The fraction of sp³-hybridized carbons (Fsp3) is 0.400. The lowest BCUT2D eigenvalue weighted by Gasteiger charge is -2.29. The molecule has 0 bridgehead atoms. The first-order valence-corrected chi connectivity index (χ1v) is 9.07. The van der Waals surface area contributed by atoms with Crippen LogP contribution < -0.4 is 10.2 Å². The van der Waals surface area contributed by atoms with Crippen LogP contribution in [0.2, 0.25) is 0 Å². The highest BCUT2D eigenvalue weighted by Gasteiger charge is 2.15. The van der Waals surface area contributed by atoms with Gasteiger partial charge in [0.1, 0.15) is 11.5 Å². The average molecular weight is 335 g/mol. The zero-order chi connectivity index (χ0) is 17.4. The van der Waals surface area contributed by atoms with Crippen molar-refractivity contribution in [1.29, 1.82) is 0 Å². The maximum atomic E-state index is 4.98. The number of aryl methyl sites for hydroxylation is 3. The third kappa shape index (κ3) is 3.00. The highest BCUT2D eigenvalue weighted by atomic mass is 15.2. The number of nitrogens with zero attached hydrogens (tertiary/aromatic N) is 4. The Kier molecular flexibility index (Phi) is 4.17. The number of fused-ring (bicyclic) bond motifs is 1. The third-order valence-corrected chi connectivity index (χ3v) is 4.90. The Bertz CT molecular complexity index is 906. The molecule has 1 saturated heterocycles. The van der Waals surface area contributed by atoms with Crippen LogP contribution in [0.15, 0.2) is 30.6 Å². The summed E-state index contributed by atoms with van der Waals surface area (Å²) in [6.45, 7) is 10.4. The molecule has 0 spiro atoms. The molecule has 130 valence electrons. The largest absolute Gasteiger partial charge is 0.354 e.